The Morgan fingerprint density at radius 2 is 1.58 bits per heavy atom. The van der Waals surface area contributed by atoms with Gasteiger partial charge in [0.15, 0.2) is 4.90 Å². The van der Waals surface area contributed by atoms with Crippen LogP contribution in [0.4, 0.5) is 5.69 Å². The molecule has 0 aliphatic heterocycles. The number of likely N-dealkylation sites (N-methyl/N-ethyl adjacent to an activating group) is 2. The quantitative estimate of drug-likeness (QED) is 0.151. The van der Waals surface area contributed by atoms with Gasteiger partial charge in [-0.15, -0.1) is 0 Å². The number of carbonyl (C=O) groups is 3. The van der Waals surface area contributed by atoms with E-state index in [0.29, 0.717) is 0 Å². The van der Waals surface area contributed by atoms with Gasteiger partial charge in [-0.2, -0.15) is 0 Å². The van der Waals surface area contributed by atoms with Crippen molar-refractivity contribution in [3.63, 3.8) is 0 Å². The highest BCUT2D eigenvalue weighted by atomic mass is 32.2. The van der Waals surface area contributed by atoms with E-state index in [9.17, 15) is 32.9 Å². The summed E-state index contributed by atoms with van der Waals surface area (Å²) in [6.45, 7) is 14.4. The number of nitrogens with one attached hydrogen (secondary N) is 3. The molecule has 0 heterocycles. The minimum Gasteiger partial charge on any atom is -0.497 e. The van der Waals surface area contributed by atoms with Crippen molar-refractivity contribution in [1.82, 2.24) is 20.3 Å². The number of hydrogen-bond acceptors (Lipinski definition) is 9. The van der Waals surface area contributed by atoms with Crippen molar-refractivity contribution in [3.8, 4) is 5.75 Å². The van der Waals surface area contributed by atoms with Crippen LogP contribution < -0.4 is 20.1 Å². The third kappa shape index (κ3) is 9.41. The highest BCUT2D eigenvalue weighted by molar-refractivity contribution is 7.90. The summed E-state index contributed by atoms with van der Waals surface area (Å²) < 4.78 is 33.0. The summed E-state index contributed by atoms with van der Waals surface area (Å²) in [6.07, 6.45) is 1.46. The average Bonchev–Trinajstić information content (AvgIpc) is 3.00. The lowest BCUT2D eigenvalue weighted by Gasteiger charge is -2.40. The minimum absolute atomic E-state index is 0.0377. The molecule has 3 atom stereocenters. The maximum atomic E-state index is 14.1. The fourth-order valence-corrected chi connectivity index (χ4v) is 6.58. The van der Waals surface area contributed by atoms with Gasteiger partial charge in [0.25, 0.3) is 21.6 Å². The second kappa shape index (κ2) is 15.7. The highest BCUT2D eigenvalue weighted by Crippen LogP contribution is 2.30. The zero-order chi connectivity index (χ0) is 36.8. The van der Waals surface area contributed by atoms with Crippen LogP contribution in [-0.4, -0.2) is 75.3 Å². The van der Waals surface area contributed by atoms with Gasteiger partial charge in [-0.25, -0.2) is 13.1 Å². The lowest BCUT2D eigenvalue weighted by Crippen LogP contribution is -2.61. The fourth-order valence-electron chi connectivity index (χ4n) is 5.41. The maximum Gasteiger partial charge on any atom is 0.293 e. The number of nitrogens with zero attached hydrogens (tertiary/aromatic N) is 2. The molecule has 0 fully saturated rings. The lowest BCUT2D eigenvalue weighted by atomic mass is 9.76. The SMILES string of the molecule is CN[C@H](C(=O)NC(C(=O)N(C)[C@H](/C=C(\C)C(=O)NS(=O)(=O)c1ccc(OC)cc1[N+](=O)[O-])C(C)C)C(C)(C)C)C(C)(C)c1ccccc1. The maximum absolute atomic E-state index is 14.1. The summed E-state index contributed by atoms with van der Waals surface area (Å²) in [4.78, 5) is 52.4. The molecule has 0 saturated heterocycles. The molecule has 0 aliphatic carbocycles. The Hall–Kier alpha value is -4.30. The average molecular weight is 688 g/mol. The van der Waals surface area contributed by atoms with Crippen molar-refractivity contribution < 1.29 is 32.5 Å². The first-order valence-corrected chi connectivity index (χ1v) is 17.0. The van der Waals surface area contributed by atoms with E-state index in [1.165, 1.54) is 31.1 Å². The van der Waals surface area contributed by atoms with Crippen LogP contribution in [0.1, 0.15) is 61.0 Å². The van der Waals surface area contributed by atoms with Gasteiger partial charge in [-0.1, -0.05) is 84.9 Å². The molecule has 264 valence electrons. The van der Waals surface area contributed by atoms with E-state index in [4.69, 9.17) is 4.74 Å². The smallest absolute Gasteiger partial charge is 0.293 e. The van der Waals surface area contributed by atoms with Crippen molar-refractivity contribution in [2.75, 3.05) is 21.2 Å². The molecule has 2 aromatic rings. The van der Waals surface area contributed by atoms with Crippen LogP contribution in [0.15, 0.2) is 65.1 Å². The molecule has 48 heavy (non-hydrogen) atoms. The highest BCUT2D eigenvalue weighted by Gasteiger charge is 2.41. The second-order valence-electron chi connectivity index (χ2n) is 13.7. The molecule has 0 aromatic heterocycles. The van der Waals surface area contributed by atoms with Gasteiger partial charge in [0, 0.05) is 18.0 Å². The normalized spacial score (nSPS) is 14.5. The van der Waals surface area contributed by atoms with Gasteiger partial charge < -0.3 is 20.3 Å². The molecular formula is C34H49N5O8S. The number of nitro benzene ring substituents is 1. The number of hydrogen-bond donors (Lipinski definition) is 3. The number of nitro groups is 1. The van der Waals surface area contributed by atoms with E-state index < -0.39 is 66.3 Å². The van der Waals surface area contributed by atoms with Gasteiger partial charge in [-0.3, -0.25) is 24.5 Å². The number of amides is 3. The van der Waals surface area contributed by atoms with Crippen molar-refractivity contribution >= 4 is 33.4 Å². The van der Waals surface area contributed by atoms with Crippen molar-refractivity contribution in [2.24, 2.45) is 11.3 Å². The third-order valence-corrected chi connectivity index (χ3v) is 9.70. The van der Waals surface area contributed by atoms with Crippen LogP contribution in [0.5, 0.6) is 5.75 Å². The summed E-state index contributed by atoms with van der Waals surface area (Å²) in [5.41, 5.74) is -1.20. The van der Waals surface area contributed by atoms with E-state index in [1.807, 2.05) is 83.5 Å². The molecule has 14 heteroatoms. The van der Waals surface area contributed by atoms with Crippen molar-refractivity contribution in [3.05, 3.63) is 75.9 Å². The van der Waals surface area contributed by atoms with E-state index in [1.54, 1.807) is 14.1 Å². The Morgan fingerprint density at radius 3 is 2.06 bits per heavy atom. The van der Waals surface area contributed by atoms with Gasteiger partial charge >= 0.3 is 0 Å². The Kier molecular flexibility index (Phi) is 13.1. The van der Waals surface area contributed by atoms with Crippen molar-refractivity contribution in [1.29, 1.82) is 0 Å². The van der Waals surface area contributed by atoms with Crippen LogP contribution in [0, 0.1) is 21.4 Å². The predicted octanol–water partition coefficient (Wildman–Crippen LogP) is 3.93. The summed E-state index contributed by atoms with van der Waals surface area (Å²) >= 11 is 0. The molecule has 0 aliphatic rings. The number of rotatable bonds is 14. The number of methoxy groups -OCH3 is 1. The molecule has 13 nitrogen and oxygen atoms in total. The van der Waals surface area contributed by atoms with Gasteiger partial charge in [0.2, 0.25) is 11.8 Å². The van der Waals surface area contributed by atoms with Crippen LogP contribution in [0.25, 0.3) is 0 Å². The Bertz CT molecular complexity index is 1630. The minimum atomic E-state index is -4.66. The second-order valence-corrected chi connectivity index (χ2v) is 15.3. The summed E-state index contributed by atoms with van der Waals surface area (Å²) in [5.74, 6) is -1.96. The monoisotopic (exact) mass is 687 g/mol. The summed E-state index contributed by atoms with van der Waals surface area (Å²) in [6, 6.07) is 10.4. The van der Waals surface area contributed by atoms with E-state index in [2.05, 4.69) is 10.6 Å². The molecule has 2 aromatic carbocycles. The van der Waals surface area contributed by atoms with E-state index >= 15 is 0 Å². The van der Waals surface area contributed by atoms with Crippen molar-refractivity contribution in [2.45, 2.75) is 83.8 Å². The first-order chi connectivity index (χ1) is 22.1. The molecule has 0 bridgehead atoms. The Labute approximate surface area is 283 Å². The molecule has 3 N–H and O–H groups in total. The molecule has 3 amide bonds. The van der Waals surface area contributed by atoms with E-state index in [-0.39, 0.29) is 23.1 Å². The first kappa shape index (κ1) is 39.9. The predicted molar refractivity (Wildman–Crippen MR) is 184 cm³/mol. The zero-order valence-corrected chi connectivity index (χ0v) is 30.4. The first-order valence-electron chi connectivity index (χ1n) is 15.5. The fraction of sp³-hybridized carbons (Fsp3) is 0.500. The topological polar surface area (TPSA) is 177 Å². The van der Waals surface area contributed by atoms with E-state index in [0.717, 1.165) is 17.7 Å². The van der Waals surface area contributed by atoms with Gasteiger partial charge in [0.05, 0.1) is 30.2 Å². The van der Waals surface area contributed by atoms with Crippen LogP contribution in [0.3, 0.4) is 0 Å². The molecule has 2 rings (SSSR count). The number of carbonyl (C=O) groups excluding carboxylic acids is 3. The Balaban J connectivity index is 2.38. The molecule has 0 radical (unpaired) electrons. The van der Waals surface area contributed by atoms with Crippen LogP contribution in [0.2, 0.25) is 0 Å². The van der Waals surface area contributed by atoms with Crippen LogP contribution >= 0.6 is 0 Å². The van der Waals surface area contributed by atoms with Crippen LogP contribution in [-0.2, 0) is 29.8 Å². The molecular weight excluding hydrogens is 638 g/mol. The molecule has 1 unspecified atom stereocenters. The standard InChI is InChI=1S/C34H49N5O8S/c1-21(2)25(19-22(3)30(40)37-48(45,46)27-18-17-24(47-11)20-26(27)39(43)44)38(10)32(42)29(33(4,5)6)36-31(41)28(35-9)34(7,8)23-15-13-12-14-16-23/h12-21,25,28-29,35H,1-11H3,(H,36,41)(H,37,40)/b22-19+/t25-,28-,29?/m1/s1. The van der Waals surface area contributed by atoms with Gasteiger partial charge in [-0.05, 0) is 43.0 Å². The number of sulfonamides is 1. The summed E-state index contributed by atoms with van der Waals surface area (Å²) in [7, 11) is -0.135. The number of ether oxygens (including phenoxy) is 1. The summed E-state index contributed by atoms with van der Waals surface area (Å²) in [5, 5.41) is 17.6. The third-order valence-electron chi connectivity index (χ3n) is 8.33. The Morgan fingerprint density at radius 1 is 1.00 bits per heavy atom. The molecule has 0 spiro atoms. The molecule has 0 saturated carbocycles. The van der Waals surface area contributed by atoms with Gasteiger partial charge in [0.1, 0.15) is 11.8 Å². The zero-order valence-electron chi connectivity index (χ0n) is 29.6. The number of benzene rings is 2. The largest absolute Gasteiger partial charge is 0.497 e. The lowest BCUT2D eigenvalue weighted by molar-refractivity contribution is -0.387.